The van der Waals surface area contributed by atoms with Crippen LogP contribution in [-0.4, -0.2) is 22.6 Å². The molecule has 1 spiro atoms. The summed E-state index contributed by atoms with van der Waals surface area (Å²) in [7, 11) is 1.77. The van der Waals surface area contributed by atoms with E-state index in [0.717, 1.165) is 37.2 Å². The van der Waals surface area contributed by atoms with Gasteiger partial charge in [0.15, 0.2) is 0 Å². The molecule has 1 aromatic heterocycles. The van der Waals surface area contributed by atoms with Crippen LogP contribution < -0.4 is 16.2 Å². The van der Waals surface area contributed by atoms with Crippen molar-refractivity contribution in [1.29, 1.82) is 0 Å². The number of hydrogen-bond acceptors (Lipinski definition) is 5. The molecule has 1 aliphatic heterocycles. The smallest absolute Gasteiger partial charge is 0.268 e. The fourth-order valence-corrected chi connectivity index (χ4v) is 6.40. The lowest BCUT2D eigenvalue weighted by Crippen LogP contribution is -2.46. The van der Waals surface area contributed by atoms with E-state index in [2.05, 4.69) is 34.1 Å². The van der Waals surface area contributed by atoms with Gasteiger partial charge in [0.2, 0.25) is 5.95 Å². The Morgan fingerprint density at radius 3 is 2.59 bits per heavy atom. The molecule has 3 aromatic rings. The number of nitrogens with two attached hydrogens (primary N) is 1. The first-order valence-electron chi connectivity index (χ1n) is 10.7. The summed E-state index contributed by atoms with van der Waals surface area (Å²) in [5, 5.41) is 0.910. The van der Waals surface area contributed by atoms with Crippen molar-refractivity contribution >= 4 is 40.9 Å². The molecular weight excluding hydrogens is 463 g/mol. The van der Waals surface area contributed by atoms with Gasteiger partial charge >= 0.3 is 0 Å². The molecule has 8 heteroatoms. The number of aromatic nitrogens is 2. The van der Waals surface area contributed by atoms with E-state index in [9.17, 15) is 4.79 Å². The summed E-state index contributed by atoms with van der Waals surface area (Å²) < 4.78 is 1.63. The van der Waals surface area contributed by atoms with Crippen LogP contribution in [0.2, 0.25) is 10.0 Å². The van der Waals surface area contributed by atoms with Crippen LogP contribution in [0, 0.1) is 5.41 Å². The molecule has 0 saturated carbocycles. The van der Waals surface area contributed by atoms with Crippen molar-refractivity contribution < 1.29 is 0 Å². The van der Waals surface area contributed by atoms with Gasteiger partial charge in [0.25, 0.3) is 5.56 Å². The van der Waals surface area contributed by atoms with E-state index in [-0.39, 0.29) is 17.0 Å². The molecular formula is C24H24Cl2N4OS. The number of rotatable bonds is 3. The van der Waals surface area contributed by atoms with Gasteiger partial charge in [-0.05, 0) is 47.9 Å². The monoisotopic (exact) mass is 486 g/mol. The first-order chi connectivity index (χ1) is 15.4. The highest BCUT2D eigenvalue weighted by Gasteiger charge is 2.46. The lowest BCUT2D eigenvalue weighted by molar-refractivity contribution is 0.186. The maximum Gasteiger partial charge on any atom is 0.268 e. The zero-order chi connectivity index (χ0) is 22.5. The van der Waals surface area contributed by atoms with E-state index in [4.69, 9.17) is 28.9 Å². The van der Waals surface area contributed by atoms with Crippen molar-refractivity contribution in [2.75, 3.05) is 18.0 Å². The third-order valence-electron chi connectivity index (χ3n) is 6.88. The van der Waals surface area contributed by atoms with Crippen LogP contribution in [0.1, 0.15) is 30.0 Å². The molecule has 2 aliphatic rings. The lowest BCUT2D eigenvalue weighted by Gasteiger charge is -2.42. The zero-order valence-electron chi connectivity index (χ0n) is 17.7. The van der Waals surface area contributed by atoms with E-state index in [1.165, 1.54) is 22.9 Å². The van der Waals surface area contributed by atoms with Crippen molar-refractivity contribution in [1.82, 2.24) is 9.55 Å². The van der Waals surface area contributed by atoms with Crippen molar-refractivity contribution in [3.8, 4) is 0 Å². The molecule has 5 nitrogen and oxygen atoms in total. The maximum atomic E-state index is 13.1. The number of anilines is 1. The maximum absolute atomic E-state index is 13.1. The van der Waals surface area contributed by atoms with Crippen LogP contribution in [0.5, 0.6) is 0 Å². The van der Waals surface area contributed by atoms with Gasteiger partial charge in [-0.25, -0.2) is 4.98 Å². The normalized spacial score (nSPS) is 19.4. The number of halogens is 2. The zero-order valence-corrected chi connectivity index (χ0v) is 20.1. The molecule has 0 amide bonds. The third kappa shape index (κ3) is 3.63. The average molecular weight is 487 g/mol. The fourth-order valence-electron chi connectivity index (χ4n) is 5.02. The summed E-state index contributed by atoms with van der Waals surface area (Å²) in [6.45, 7) is 1.66. The number of fused-ring (bicyclic) bond motifs is 1. The van der Waals surface area contributed by atoms with Crippen molar-refractivity contribution in [2.24, 2.45) is 18.2 Å². The minimum atomic E-state index is -0.0960. The molecule has 0 bridgehead atoms. The molecule has 2 N–H and O–H groups in total. The molecule has 0 radical (unpaired) electrons. The third-order valence-corrected chi connectivity index (χ3v) is 8.87. The van der Waals surface area contributed by atoms with Crippen LogP contribution in [-0.2, 0) is 13.5 Å². The van der Waals surface area contributed by atoms with E-state index in [1.807, 2.05) is 12.1 Å². The van der Waals surface area contributed by atoms with Gasteiger partial charge in [-0.2, -0.15) is 0 Å². The summed E-state index contributed by atoms with van der Waals surface area (Å²) in [6, 6.07) is 14.0. The second-order valence-electron chi connectivity index (χ2n) is 8.64. The highest BCUT2D eigenvalue weighted by atomic mass is 35.5. The number of piperidine rings is 1. The van der Waals surface area contributed by atoms with Gasteiger partial charge in [-0.1, -0.05) is 65.3 Å². The lowest BCUT2D eigenvalue weighted by atomic mass is 9.73. The number of benzene rings is 2. The van der Waals surface area contributed by atoms with Crippen molar-refractivity contribution in [3.63, 3.8) is 0 Å². The Kier molecular flexibility index (Phi) is 5.74. The predicted octanol–water partition coefficient (Wildman–Crippen LogP) is 5.08. The largest absolute Gasteiger partial charge is 0.342 e. The first-order valence-corrected chi connectivity index (χ1v) is 12.2. The Balaban J connectivity index is 1.34. The van der Waals surface area contributed by atoms with Gasteiger partial charge in [0, 0.05) is 31.1 Å². The average Bonchev–Trinajstić information content (AvgIpc) is 3.07. The molecule has 2 heterocycles. The van der Waals surface area contributed by atoms with Gasteiger partial charge in [-0.15, -0.1) is 0 Å². The van der Waals surface area contributed by atoms with Gasteiger partial charge in [0.05, 0.1) is 21.1 Å². The number of nitrogens with zero attached hydrogens (tertiary/aromatic N) is 3. The predicted molar refractivity (Wildman–Crippen MR) is 131 cm³/mol. The summed E-state index contributed by atoms with van der Waals surface area (Å²) in [5.74, 6) is 0.690. The summed E-state index contributed by atoms with van der Waals surface area (Å²) in [6.07, 6.45) is 4.63. The first kappa shape index (κ1) is 21.8. The Labute approximate surface area is 201 Å². The van der Waals surface area contributed by atoms with Crippen LogP contribution in [0.4, 0.5) is 5.95 Å². The highest BCUT2D eigenvalue weighted by Crippen LogP contribution is 2.50. The van der Waals surface area contributed by atoms with Crippen molar-refractivity contribution in [3.05, 3.63) is 80.2 Å². The van der Waals surface area contributed by atoms with Crippen LogP contribution in [0.3, 0.4) is 0 Å². The minimum absolute atomic E-state index is 0.0684. The molecule has 1 fully saturated rings. The van der Waals surface area contributed by atoms with Gasteiger partial charge < -0.3 is 10.6 Å². The highest BCUT2D eigenvalue weighted by molar-refractivity contribution is 7.99. The van der Waals surface area contributed by atoms with Crippen LogP contribution in [0.15, 0.2) is 63.2 Å². The molecule has 166 valence electrons. The fraction of sp³-hybridized carbons (Fsp3) is 0.333. The topological polar surface area (TPSA) is 64.2 Å². The summed E-state index contributed by atoms with van der Waals surface area (Å²) >= 11 is 13.7. The minimum Gasteiger partial charge on any atom is -0.342 e. The standard InChI is InChI=1S/C24H24Cl2N4OS/c1-29-22(31)19(32-18-8-4-7-17(25)20(18)26)14-28-23(29)30-11-9-24(10-12-30)13-15-5-2-3-6-16(15)21(24)27/h2-8,14,21H,9-13,27H2,1H3/t21-/m1/s1. The van der Waals surface area contributed by atoms with E-state index < -0.39 is 0 Å². The van der Waals surface area contributed by atoms with Gasteiger partial charge in [-0.3, -0.25) is 9.36 Å². The molecule has 32 heavy (non-hydrogen) atoms. The SMILES string of the molecule is Cn1c(N2CCC3(CC2)Cc2ccccc2[C@H]3N)ncc(Sc2cccc(Cl)c2Cl)c1=O. The quantitative estimate of drug-likeness (QED) is 0.558. The Bertz CT molecular complexity index is 1240. The van der Waals surface area contributed by atoms with Crippen LogP contribution >= 0.6 is 35.0 Å². The van der Waals surface area contributed by atoms with E-state index in [1.54, 1.807) is 23.9 Å². The second-order valence-corrected chi connectivity index (χ2v) is 10.5. The van der Waals surface area contributed by atoms with E-state index in [0.29, 0.717) is 20.9 Å². The number of hydrogen-bond donors (Lipinski definition) is 1. The molecule has 5 rings (SSSR count). The summed E-state index contributed by atoms with van der Waals surface area (Å²) in [5.41, 5.74) is 9.36. The Hall–Kier alpha value is -1.99. The Morgan fingerprint density at radius 1 is 1.09 bits per heavy atom. The summed E-state index contributed by atoms with van der Waals surface area (Å²) in [4.78, 5) is 21.2. The Morgan fingerprint density at radius 2 is 1.84 bits per heavy atom. The molecule has 1 aliphatic carbocycles. The van der Waals surface area contributed by atoms with Crippen LogP contribution in [0.25, 0.3) is 0 Å². The van der Waals surface area contributed by atoms with E-state index >= 15 is 0 Å². The second kappa shape index (κ2) is 8.41. The molecule has 0 unspecified atom stereocenters. The molecule has 2 aromatic carbocycles. The molecule has 1 saturated heterocycles. The van der Waals surface area contributed by atoms with Crippen molar-refractivity contribution in [2.45, 2.75) is 35.1 Å². The molecule has 1 atom stereocenters. The van der Waals surface area contributed by atoms with Gasteiger partial charge in [0.1, 0.15) is 0 Å².